The summed E-state index contributed by atoms with van der Waals surface area (Å²) >= 11 is 0. The highest BCUT2D eigenvalue weighted by Gasteiger charge is 2.29. The van der Waals surface area contributed by atoms with Crippen LogP contribution in [-0.4, -0.2) is 11.8 Å². The Bertz CT molecular complexity index is 726. The van der Waals surface area contributed by atoms with Crippen LogP contribution in [0.2, 0.25) is 0 Å². The normalized spacial score (nSPS) is 13.5. The Morgan fingerprint density at radius 1 is 1.00 bits per heavy atom. The molecule has 2 aromatic rings. The van der Waals surface area contributed by atoms with Crippen LogP contribution in [0, 0.1) is 11.7 Å². The maximum atomic E-state index is 13.5. The van der Waals surface area contributed by atoms with Crippen LogP contribution in [0.3, 0.4) is 0 Å². The highest BCUT2D eigenvalue weighted by molar-refractivity contribution is 6.05. The summed E-state index contributed by atoms with van der Waals surface area (Å²) in [5, 5.41) is 5.30. The van der Waals surface area contributed by atoms with Crippen molar-refractivity contribution in [1.29, 1.82) is 0 Å². The van der Waals surface area contributed by atoms with Crippen molar-refractivity contribution in [3.8, 4) is 0 Å². The third-order valence-corrected chi connectivity index (χ3v) is 3.46. The molecule has 1 aliphatic carbocycles. The van der Waals surface area contributed by atoms with Gasteiger partial charge in [-0.05, 0) is 43.2 Å². The molecule has 1 saturated carbocycles. The van der Waals surface area contributed by atoms with E-state index in [0.29, 0.717) is 11.3 Å². The van der Waals surface area contributed by atoms with Gasteiger partial charge in [0.1, 0.15) is 5.82 Å². The molecule has 0 aromatic heterocycles. The molecule has 0 saturated heterocycles. The first kappa shape index (κ1) is 14.3. The van der Waals surface area contributed by atoms with E-state index in [0.717, 1.165) is 12.8 Å². The number of hydrogen-bond acceptors (Lipinski definition) is 2. The van der Waals surface area contributed by atoms with Gasteiger partial charge in [-0.1, -0.05) is 18.2 Å². The number of carbonyl (C=O) groups is 2. The molecule has 2 amide bonds. The van der Waals surface area contributed by atoms with Gasteiger partial charge < -0.3 is 10.6 Å². The van der Waals surface area contributed by atoms with Crippen molar-refractivity contribution in [1.82, 2.24) is 0 Å². The van der Waals surface area contributed by atoms with Crippen molar-refractivity contribution in [2.75, 3.05) is 10.6 Å². The van der Waals surface area contributed by atoms with Crippen LogP contribution in [-0.2, 0) is 4.79 Å². The van der Waals surface area contributed by atoms with Crippen molar-refractivity contribution >= 4 is 23.2 Å². The summed E-state index contributed by atoms with van der Waals surface area (Å²) in [5.41, 5.74) is 1.05. The molecule has 0 radical (unpaired) electrons. The second-order valence-electron chi connectivity index (χ2n) is 5.28. The van der Waals surface area contributed by atoms with Gasteiger partial charge >= 0.3 is 0 Å². The number of rotatable bonds is 4. The molecule has 0 spiro atoms. The lowest BCUT2D eigenvalue weighted by molar-refractivity contribution is -0.117. The quantitative estimate of drug-likeness (QED) is 0.908. The average Bonchev–Trinajstić information content (AvgIpc) is 3.34. The summed E-state index contributed by atoms with van der Waals surface area (Å²) in [7, 11) is 0. The van der Waals surface area contributed by atoms with Crippen molar-refractivity contribution in [3.63, 3.8) is 0 Å². The Morgan fingerprint density at radius 3 is 2.50 bits per heavy atom. The van der Waals surface area contributed by atoms with Crippen LogP contribution in [0.1, 0.15) is 23.2 Å². The molecule has 0 unspecified atom stereocenters. The second-order valence-corrected chi connectivity index (χ2v) is 5.28. The highest BCUT2D eigenvalue weighted by atomic mass is 19.1. The van der Waals surface area contributed by atoms with E-state index in [1.807, 2.05) is 0 Å². The first-order valence-electron chi connectivity index (χ1n) is 7.10. The molecule has 4 nitrogen and oxygen atoms in total. The molecule has 2 aromatic carbocycles. The lowest BCUT2D eigenvalue weighted by Gasteiger charge is -2.08. The Morgan fingerprint density at radius 2 is 1.77 bits per heavy atom. The largest absolute Gasteiger partial charge is 0.326 e. The van der Waals surface area contributed by atoms with Gasteiger partial charge in [-0.3, -0.25) is 9.59 Å². The molecule has 1 fully saturated rings. The van der Waals surface area contributed by atoms with E-state index in [9.17, 15) is 14.0 Å². The number of hydrogen-bond donors (Lipinski definition) is 2. The molecule has 0 atom stereocenters. The van der Waals surface area contributed by atoms with Crippen LogP contribution in [0.15, 0.2) is 48.5 Å². The van der Waals surface area contributed by atoms with Gasteiger partial charge in [0, 0.05) is 17.2 Å². The van der Waals surface area contributed by atoms with Crippen molar-refractivity contribution < 1.29 is 14.0 Å². The van der Waals surface area contributed by atoms with E-state index in [2.05, 4.69) is 10.6 Å². The zero-order chi connectivity index (χ0) is 15.5. The van der Waals surface area contributed by atoms with Crippen molar-refractivity contribution in [2.45, 2.75) is 12.8 Å². The third kappa shape index (κ3) is 3.31. The fourth-order valence-electron chi connectivity index (χ4n) is 2.09. The number of nitrogens with one attached hydrogen (secondary N) is 2. The number of carbonyl (C=O) groups excluding carboxylic acids is 2. The predicted octanol–water partition coefficient (Wildman–Crippen LogP) is 3.43. The van der Waals surface area contributed by atoms with Crippen LogP contribution >= 0.6 is 0 Å². The van der Waals surface area contributed by atoms with Gasteiger partial charge in [0.15, 0.2) is 0 Å². The van der Waals surface area contributed by atoms with Gasteiger partial charge in [0.25, 0.3) is 5.91 Å². The maximum Gasteiger partial charge on any atom is 0.255 e. The first-order valence-corrected chi connectivity index (χ1v) is 7.10. The molecule has 22 heavy (non-hydrogen) atoms. The summed E-state index contributed by atoms with van der Waals surface area (Å²) in [6.45, 7) is 0. The van der Waals surface area contributed by atoms with Gasteiger partial charge in [-0.25, -0.2) is 4.39 Å². The summed E-state index contributed by atoms with van der Waals surface area (Å²) < 4.78 is 13.5. The zero-order valence-electron chi connectivity index (χ0n) is 11.8. The molecule has 3 rings (SSSR count). The van der Waals surface area contributed by atoms with Crippen LogP contribution in [0.25, 0.3) is 0 Å². The number of amides is 2. The molecule has 0 aliphatic heterocycles. The van der Waals surface area contributed by atoms with E-state index < -0.39 is 11.7 Å². The zero-order valence-corrected chi connectivity index (χ0v) is 11.8. The Labute approximate surface area is 127 Å². The van der Waals surface area contributed by atoms with Crippen LogP contribution in [0.5, 0.6) is 0 Å². The molecule has 2 N–H and O–H groups in total. The second kappa shape index (κ2) is 5.97. The lowest BCUT2D eigenvalue weighted by atomic mass is 10.1. The summed E-state index contributed by atoms with van der Waals surface area (Å²) in [6.07, 6.45) is 1.83. The van der Waals surface area contributed by atoms with E-state index in [1.165, 1.54) is 12.1 Å². The van der Waals surface area contributed by atoms with Crippen LogP contribution in [0.4, 0.5) is 15.8 Å². The summed E-state index contributed by atoms with van der Waals surface area (Å²) in [5.74, 6) is -0.843. The van der Waals surface area contributed by atoms with Crippen molar-refractivity contribution in [3.05, 3.63) is 59.9 Å². The third-order valence-electron chi connectivity index (χ3n) is 3.46. The Hall–Kier alpha value is -2.69. The van der Waals surface area contributed by atoms with E-state index >= 15 is 0 Å². The molecule has 5 heteroatoms. The van der Waals surface area contributed by atoms with Crippen LogP contribution < -0.4 is 10.6 Å². The molecular formula is C17H15FN2O2. The Balaban J connectivity index is 1.72. The molecule has 0 heterocycles. The first-order chi connectivity index (χ1) is 10.6. The standard InChI is InChI=1S/C17H15FN2O2/c18-14-6-1-2-7-15(14)20-17(22)12-4-3-5-13(10-12)19-16(21)11-8-9-11/h1-7,10-11H,8-9H2,(H,19,21)(H,20,22). The minimum absolute atomic E-state index is 0.0216. The molecule has 112 valence electrons. The molecule has 0 bridgehead atoms. The predicted molar refractivity (Wildman–Crippen MR) is 82.1 cm³/mol. The Kier molecular flexibility index (Phi) is 3.87. The minimum Gasteiger partial charge on any atom is -0.326 e. The van der Waals surface area contributed by atoms with Crippen molar-refractivity contribution in [2.24, 2.45) is 5.92 Å². The molecular weight excluding hydrogens is 283 g/mol. The van der Waals surface area contributed by atoms with Gasteiger partial charge in [-0.15, -0.1) is 0 Å². The maximum absolute atomic E-state index is 13.5. The fourth-order valence-corrected chi connectivity index (χ4v) is 2.09. The van der Waals surface area contributed by atoms with Gasteiger partial charge in [-0.2, -0.15) is 0 Å². The van der Waals surface area contributed by atoms with E-state index in [1.54, 1.807) is 36.4 Å². The minimum atomic E-state index is -0.492. The fraction of sp³-hybridized carbons (Fsp3) is 0.176. The monoisotopic (exact) mass is 298 g/mol. The summed E-state index contributed by atoms with van der Waals surface area (Å²) in [6, 6.07) is 12.6. The molecule has 1 aliphatic rings. The van der Waals surface area contributed by atoms with E-state index in [4.69, 9.17) is 0 Å². The highest BCUT2D eigenvalue weighted by Crippen LogP contribution is 2.30. The van der Waals surface area contributed by atoms with Gasteiger partial charge in [0.05, 0.1) is 5.69 Å². The van der Waals surface area contributed by atoms with E-state index in [-0.39, 0.29) is 17.5 Å². The topological polar surface area (TPSA) is 58.2 Å². The number of benzene rings is 2. The van der Waals surface area contributed by atoms with Gasteiger partial charge in [0.2, 0.25) is 5.91 Å². The SMILES string of the molecule is O=C(Nc1ccccc1F)c1cccc(NC(=O)C2CC2)c1. The average molecular weight is 298 g/mol. The number of anilines is 2. The number of para-hydroxylation sites is 1. The number of halogens is 1. The smallest absolute Gasteiger partial charge is 0.255 e. The summed E-state index contributed by atoms with van der Waals surface area (Å²) in [4.78, 5) is 23.9. The lowest BCUT2D eigenvalue weighted by Crippen LogP contribution is -2.15.